The zero-order valence-electron chi connectivity index (χ0n) is 13.4. The molecule has 0 bridgehead atoms. The number of amides is 1. The van der Waals surface area contributed by atoms with Crippen LogP contribution in [0.4, 0.5) is 5.69 Å². The van der Waals surface area contributed by atoms with Crippen molar-refractivity contribution < 1.29 is 14.3 Å². The van der Waals surface area contributed by atoms with E-state index < -0.39 is 11.9 Å². The lowest BCUT2D eigenvalue weighted by atomic mass is 9.97. The molecule has 0 aliphatic heterocycles. The van der Waals surface area contributed by atoms with Gasteiger partial charge in [0.1, 0.15) is 0 Å². The van der Waals surface area contributed by atoms with Crippen molar-refractivity contribution in [3.05, 3.63) is 65.7 Å². The molecule has 0 saturated carbocycles. The predicted molar refractivity (Wildman–Crippen MR) is 90.2 cm³/mol. The van der Waals surface area contributed by atoms with Gasteiger partial charge in [-0.05, 0) is 36.2 Å². The maximum atomic E-state index is 12.2. The monoisotopic (exact) mass is 322 g/mol. The van der Waals surface area contributed by atoms with Gasteiger partial charge in [0.2, 0.25) is 0 Å². The molecule has 2 rings (SSSR count). The van der Waals surface area contributed by atoms with E-state index in [2.05, 4.69) is 5.32 Å². The average molecular weight is 322 g/mol. The highest BCUT2D eigenvalue weighted by atomic mass is 16.5. The molecule has 5 nitrogen and oxygen atoms in total. The number of esters is 1. The molecule has 2 aromatic carbocycles. The smallest absolute Gasteiger partial charge is 0.313 e. The van der Waals surface area contributed by atoms with Crippen LogP contribution in [-0.2, 0) is 14.3 Å². The minimum Gasteiger partial charge on any atom is -0.455 e. The Morgan fingerprint density at radius 2 is 1.79 bits per heavy atom. The topological polar surface area (TPSA) is 79.2 Å². The molecule has 5 heteroatoms. The van der Waals surface area contributed by atoms with Gasteiger partial charge in [-0.1, -0.05) is 37.3 Å². The van der Waals surface area contributed by atoms with Gasteiger partial charge in [0, 0.05) is 5.69 Å². The molecule has 0 unspecified atom stereocenters. The van der Waals surface area contributed by atoms with Crippen molar-refractivity contribution in [2.75, 3.05) is 11.9 Å². The van der Waals surface area contributed by atoms with Crippen LogP contribution < -0.4 is 5.32 Å². The molecule has 1 amide bonds. The van der Waals surface area contributed by atoms with Crippen molar-refractivity contribution in [3.8, 4) is 6.07 Å². The zero-order chi connectivity index (χ0) is 17.4. The lowest BCUT2D eigenvalue weighted by Gasteiger charge is -2.14. The quantitative estimate of drug-likeness (QED) is 0.828. The van der Waals surface area contributed by atoms with Crippen LogP contribution in [0.25, 0.3) is 0 Å². The standard InChI is InChI=1S/C19H18N2O3/c1-2-17(15-6-4-3-5-7-15)19(23)24-13-18(22)21-16-10-8-14(12-20)9-11-16/h3-11,17H,2,13H2,1H3,(H,21,22)/t17-/m1/s1. The van der Waals surface area contributed by atoms with Gasteiger partial charge >= 0.3 is 5.97 Å². The van der Waals surface area contributed by atoms with Crippen LogP contribution in [-0.4, -0.2) is 18.5 Å². The van der Waals surface area contributed by atoms with E-state index >= 15 is 0 Å². The van der Waals surface area contributed by atoms with Gasteiger partial charge in [0.15, 0.2) is 6.61 Å². The third kappa shape index (κ3) is 4.68. The molecule has 0 heterocycles. The van der Waals surface area contributed by atoms with Crippen molar-refractivity contribution in [2.24, 2.45) is 0 Å². The SMILES string of the molecule is CC[C@@H](C(=O)OCC(=O)Nc1ccc(C#N)cc1)c1ccccc1. The minimum atomic E-state index is -0.420. The highest BCUT2D eigenvalue weighted by molar-refractivity contribution is 5.93. The molecule has 0 spiro atoms. The van der Waals surface area contributed by atoms with E-state index in [0.717, 1.165) is 5.56 Å². The highest BCUT2D eigenvalue weighted by Gasteiger charge is 2.20. The van der Waals surface area contributed by atoms with Crippen LogP contribution in [0.1, 0.15) is 30.4 Å². The van der Waals surface area contributed by atoms with Crippen molar-refractivity contribution in [3.63, 3.8) is 0 Å². The van der Waals surface area contributed by atoms with E-state index in [1.807, 2.05) is 43.3 Å². The number of benzene rings is 2. The number of carbonyl (C=O) groups excluding carboxylic acids is 2. The molecular formula is C19H18N2O3. The molecule has 0 saturated heterocycles. The molecule has 0 aromatic heterocycles. The van der Waals surface area contributed by atoms with Crippen LogP contribution in [0.3, 0.4) is 0 Å². The fraction of sp³-hybridized carbons (Fsp3) is 0.211. The molecular weight excluding hydrogens is 304 g/mol. The first-order valence-electron chi connectivity index (χ1n) is 7.65. The van der Waals surface area contributed by atoms with Gasteiger partial charge in [-0.2, -0.15) is 5.26 Å². The summed E-state index contributed by atoms with van der Waals surface area (Å²) in [5.41, 5.74) is 1.93. The predicted octanol–water partition coefficient (Wildman–Crippen LogP) is 3.23. The first-order valence-corrected chi connectivity index (χ1v) is 7.65. The summed E-state index contributed by atoms with van der Waals surface area (Å²) in [6.45, 7) is 1.55. The van der Waals surface area contributed by atoms with E-state index in [1.165, 1.54) is 0 Å². The second-order valence-corrected chi connectivity index (χ2v) is 5.22. The highest BCUT2D eigenvalue weighted by Crippen LogP contribution is 2.20. The van der Waals surface area contributed by atoms with Crippen molar-refractivity contribution in [1.29, 1.82) is 5.26 Å². The van der Waals surface area contributed by atoms with Crippen LogP contribution in [0, 0.1) is 11.3 Å². The molecule has 122 valence electrons. The molecule has 0 aliphatic carbocycles. The number of hydrogen-bond acceptors (Lipinski definition) is 4. The lowest BCUT2D eigenvalue weighted by molar-refractivity contribution is -0.149. The molecule has 0 aliphatic rings. The molecule has 2 aromatic rings. The summed E-state index contributed by atoms with van der Waals surface area (Å²) < 4.78 is 5.13. The molecule has 1 N–H and O–H groups in total. The Morgan fingerprint density at radius 3 is 2.38 bits per heavy atom. The number of nitriles is 1. The summed E-state index contributed by atoms with van der Waals surface area (Å²) in [4.78, 5) is 24.0. The number of nitrogens with one attached hydrogen (secondary N) is 1. The lowest BCUT2D eigenvalue weighted by Crippen LogP contribution is -2.23. The second kappa shape index (κ2) is 8.49. The summed E-state index contributed by atoms with van der Waals surface area (Å²) >= 11 is 0. The van der Waals surface area contributed by atoms with Crippen molar-refractivity contribution in [2.45, 2.75) is 19.3 Å². The summed E-state index contributed by atoms with van der Waals surface area (Å²) in [7, 11) is 0. The minimum absolute atomic E-state index is 0.345. The van der Waals surface area contributed by atoms with Gasteiger partial charge < -0.3 is 10.1 Å². The van der Waals surface area contributed by atoms with Crippen molar-refractivity contribution >= 4 is 17.6 Å². The fourth-order valence-electron chi connectivity index (χ4n) is 2.29. The summed E-state index contributed by atoms with van der Waals surface area (Å²) in [6, 6.07) is 17.8. The summed E-state index contributed by atoms with van der Waals surface area (Å²) in [5.74, 6) is -1.22. The number of rotatable bonds is 6. The van der Waals surface area contributed by atoms with Gasteiger partial charge in [0.25, 0.3) is 5.91 Å². The van der Waals surface area contributed by atoms with E-state index in [4.69, 9.17) is 10.00 Å². The first kappa shape index (κ1) is 17.2. The molecule has 1 atom stereocenters. The number of ether oxygens (including phenoxy) is 1. The van der Waals surface area contributed by atoms with Gasteiger partial charge in [-0.15, -0.1) is 0 Å². The number of hydrogen-bond donors (Lipinski definition) is 1. The Balaban J connectivity index is 1.88. The Labute approximate surface area is 140 Å². The normalized spacial score (nSPS) is 11.2. The van der Waals surface area contributed by atoms with E-state index in [-0.39, 0.29) is 12.5 Å². The first-order chi connectivity index (χ1) is 11.6. The van der Waals surface area contributed by atoms with Gasteiger partial charge in [0.05, 0.1) is 17.6 Å². The Morgan fingerprint density at radius 1 is 1.12 bits per heavy atom. The Bertz CT molecular complexity index is 733. The molecule has 0 radical (unpaired) electrons. The Hall–Kier alpha value is -3.13. The molecule has 0 fully saturated rings. The third-order valence-corrected chi connectivity index (χ3v) is 3.54. The number of carbonyl (C=O) groups is 2. The fourth-order valence-corrected chi connectivity index (χ4v) is 2.29. The van der Waals surface area contributed by atoms with Gasteiger partial charge in [-0.25, -0.2) is 0 Å². The van der Waals surface area contributed by atoms with E-state index in [9.17, 15) is 9.59 Å². The third-order valence-electron chi connectivity index (χ3n) is 3.54. The van der Waals surface area contributed by atoms with Crippen LogP contribution in [0.5, 0.6) is 0 Å². The van der Waals surface area contributed by atoms with Crippen LogP contribution >= 0.6 is 0 Å². The van der Waals surface area contributed by atoms with E-state index in [0.29, 0.717) is 17.7 Å². The maximum absolute atomic E-state index is 12.2. The van der Waals surface area contributed by atoms with Crippen molar-refractivity contribution in [1.82, 2.24) is 0 Å². The summed E-state index contributed by atoms with van der Waals surface area (Å²) in [5, 5.41) is 11.3. The maximum Gasteiger partial charge on any atom is 0.313 e. The number of nitrogens with zero attached hydrogens (tertiary/aromatic N) is 1. The van der Waals surface area contributed by atoms with Crippen LogP contribution in [0.15, 0.2) is 54.6 Å². The van der Waals surface area contributed by atoms with Crippen LogP contribution in [0.2, 0.25) is 0 Å². The average Bonchev–Trinajstić information content (AvgIpc) is 2.62. The van der Waals surface area contributed by atoms with E-state index in [1.54, 1.807) is 24.3 Å². The molecule has 24 heavy (non-hydrogen) atoms. The summed E-state index contributed by atoms with van der Waals surface area (Å²) in [6.07, 6.45) is 0.597. The number of anilines is 1. The zero-order valence-corrected chi connectivity index (χ0v) is 13.4. The second-order valence-electron chi connectivity index (χ2n) is 5.22. The Kier molecular flexibility index (Phi) is 6.09. The van der Waals surface area contributed by atoms with Gasteiger partial charge in [-0.3, -0.25) is 9.59 Å². The largest absolute Gasteiger partial charge is 0.455 e.